The smallest absolute Gasteiger partial charge is 0.132 e. The molecule has 0 radical (unpaired) electrons. The van der Waals surface area contributed by atoms with Crippen molar-refractivity contribution in [3.63, 3.8) is 0 Å². The van der Waals surface area contributed by atoms with Crippen LogP contribution < -0.4 is 5.32 Å². The van der Waals surface area contributed by atoms with Crippen LogP contribution in [0.2, 0.25) is 0 Å². The molecule has 0 unspecified atom stereocenters. The number of aromatic nitrogens is 1. The Balaban J connectivity index is 1.91. The number of nitrogens with one attached hydrogen (secondary N) is 1. The molecule has 5 heteroatoms. The van der Waals surface area contributed by atoms with Crippen molar-refractivity contribution in [3.8, 4) is 0 Å². The van der Waals surface area contributed by atoms with Gasteiger partial charge in [-0.2, -0.15) is 0 Å². The number of nitrogens with zero attached hydrogens (tertiary/aromatic N) is 1. The Hall–Kier alpha value is -1.33. The maximum atomic E-state index is 9.95. The minimum absolute atomic E-state index is 0.112. The Morgan fingerprint density at radius 2 is 2.33 bits per heavy atom. The van der Waals surface area contributed by atoms with Gasteiger partial charge in [-0.1, -0.05) is 0 Å². The minimum atomic E-state index is -0.595. The Kier molecular flexibility index (Phi) is 4.38. The largest absolute Gasteiger partial charge is 0.467 e. The molecule has 0 amide bonds. The van der Waals surface area contributed by atoms with Crippen LogP contribution in [0, 0.1) is 0 Å². The summed E-state index contributed by atoms with van der Waals surface area (Å²) >= 11 is 3.37. The molecule has 0 aromatic carbocycles. The van der Waals surface area contributed by atoms with Crippen LogP contribution in [0.15, 0.2) is 45.7 Å². The Morgan fingerprint density at radius 1 is 1.50 bits per heavy atom. The molecule has 2 heterocycles. The number of hydrogen-bond acceptors (Lipinski definition) is 4. The van der Waals surface area contributed by atoms with Crippen molar-refractivity contribution in [1.82, 2.24) is 4.98 Å². The summed E-state index contributed by atoms with van der Waals surface area (Å²) < 4.78 is 6.09. The van der Waals surface area contributed by atoms with Crippen LogP contribution in [-0.2, 0) is 0 Å². The van der Waals surface area contributed by atoms with E-state index in [9.17, 15) is 5.11 Å². The molecular weight excluding hydrogens is 296 g/mol. The van der Waals surface area contributed by atoms with Crippen molar-refractivity contribution in [1.29, 1.82) is 0 Å². The summed E-state index contributed by atoms with van der Waals surface area (Å²) in [6, 6.07) is 5.61. The monoisotopic (exact) mass is 310 g/mol. The topological polar surface area (TPSA) is 58.3 Å². The number of anilines is 1. The lowest BCUT2D eigenvalue weighted by Crippen LogP contribution is -2.18. The fourth-order valence-electron chi connectivity index (χ4n) is 1.77. The highest BCUT2D eigenvalue weighted by molar-refractivity contribution is 9.10. The van der Waals surface area contributed by atoms with Crippen LogP contribution in [0.3, 0.4) is 0 Å². The van der Waals surface area contributed by atoms with E-state index in [-0.39, 0.29) is 6.04 Å². The second-order valence-electron chi connectivity index (χ2n) is 4.20. The average Bonchev–Trinajstić information content (AvgIpc) is 2.81. The van der Waals surface area contributed by atoms with Crippen molar-refractivity contribution in [2.24, 2.45) is 0 Å². The highest BCUT2D eigenvalue weighted by Gasteiger charge is 2.14. The van der Waals surface area contributed by atoms with Gasteiger partial charge in [0.1, 0.15) is 11.9 Å². The molecule has 96 valence electrons. The van der Waals surface area contributed by atoms with Gasteiger partial charge in [-0.3, -0.25) is 4.98 Å². The first kappa shape index (κ1) is 13.1. The molecule has 0 aliphatic heterocycles. The fourth-order valence-corrected chi connectivity index (χ4v) is 2.13. The van der Waals surface area contributed by atoms with Gasteiger partial charge in [0, 0.05) is 23.1 Å². The van der Waals surface area contributed by atoms with Crippen molar-refractivity contribution < 1.29 is 9.52 Å². The minimum Gasteiger partial charge on any atom is -0.467 e. The summed E-state index contributed by atoms with van der Waals surface area (Å²) in [4.78, 5) is 4.08. The number of furan rings is 1. The molecule has 0 fully saturated rings. The molecule has 2 N–H and O–H groups in total. The molecule has 2 aromatic rings. The zero-order valence-electron chi connectivity index (χ0n) is 10.0. The molecule has 0 saturated carbocycles. The highest BCUT2D eigenvalue weighted by atomic mass is 79.9. The van der Waals surface area contributed by atoms with E-state index >= 15 is 0 Å². The lowest BCUT2D eigenvalue weighted by molar-refractivity contribution is 0.136. The Bertz CT molecular complexity index is 487. The van der Waals surface area contributed by atoms with Gasteiger partial charge in [-0.15, -0.1) is 0 Å². The van der Waals surface area contributed by atoms with Gasteiger partial charge >= 0.3 is 0 Å². The standard InChI is InChI=1S/C13H15BrN2O2/c1-9(5-12(17)13-3-2-4-18-13)16-11-6-10(14)7-15-8-11/h2-4,6-9,12,16-17H,5H2,1H3/t9-,12+/m0/s1. The molecule has 2 atom stereocenters. The molecule has 2 rings (SSSR count). The third kappa shape index (κ3) is 3.58. The summed E-state index contributed by atoms with van der Waals surface area (Å²) in [6.45, 7) is 2.01. The Labute approximate surface area is 114 Å². The maximum absolute atomic E-state index is 9.95. The third-order valence-corrected chi connectivity index (χ3v) is 3.00. The first-order valence-corrected chi connectivity index (χ1v) is 6.53. The zero-order valence-corrected chi connectivity index (χ0v) is 11.6. The van der Waals surface area contributed by atoms with Gasteiger partial charge in [0.05, 0.1) is 18.1 Å². The second kappa shape index (κ2) is 6.02. The van der Waals surface area contributed by atoms with Crippen molar-refractivity contribution >= 4 is 21.6 Å². The average molecular weight is 311 g/mol. The fraction of sp³-hybridized carbons (Fsp3) is 0.308. The van der Waals surface area contributed by atoms with E-state index < -0.39 is 6.10 Å². The van der Waals surface area contributed by atoms with Gasteiger partial charge in [0.15, 0.2) is 0 Å². The predicted molar refractivity (Wildman–Crippen MR) is 73.3 cm³/mol. The van der Waals surface area contributed by atoms with Crippen LogP contribution in [0.1, 0.15) is 25.2 Å². The first-order valence-electron chi connectivity index (χ1n) is 5.73. The van der Waals surface area contributed by atoms with Crippen LogP contribution in [0.4, 0.5) is 5.69 Å². The lowest BCUT2D eigenvalue weighted by atomic mass is 10.1. The molecule has 18 heavy (non-hydrogen) atoms. The molecule has 2 aromatic heterocycles. The van der Waals surface area contributed by atoms with Crippen LogP contribution in [-0.4, -0.2) is 16.1 Å². The number of hydrogen-bond donors (Lipinski definition) is 2. The molecule has 4 nitrogen and oxygen atoms in total. The van der Waals surface area contributed by atoms with Crippen LogP contribution in [0.25, 0.3) is 0 Å². The highest BCUT2D eigenvalue weighted by Crippen LogP contribution is 2.21. The second-order valence-corrected chi connectivity index (χ2v) is 5.12. The van der Waals surface area contributed by atoms with E-state index in [4.69, 9.17) is 4.42 Å². The van der Waals surface area contributed by atoms with Gasteiger partial charge in [0.2, 0.25) is 0 Å². The molecular formula is C13H15BrN2O2. The summed E-state index contributed by atoms with van der Waals surface area (Å²) in [7, 11) is 0. The summed E-state index contributed by atoms with van der Waals surface area (Å²) in [5.41, 5.74) is 0.920. The van der Waals surface area contributed by atoms with Gasteiger partial charge in [0.25, 0.3) is 0 Å². The zero-order chi connectivity index (χ0) is 13.0. The molecule has 0 aliphatic rings. The molecule has 0 bridgehead atoms. The predicted octanol–water partition coefficient (Wildman–Crippen LogP) is 3.36. The van der Waals surface area contributed by atoms with E-state index in [1.807, 2.05) is 13.0 Å². The SMILES string of the molecule is C[C@@H](C[C@@H](O)c1ccco1)Nc1cncc(Br)c1. The summed E-state index contributed by atoms with van der Waals surface area (Å²) in [5.74, 6) is 0.594. The summed E-state index contributed by atoms with van der Waals surface area (Å²) in [5, 5.41) is 13.2. The number of rotatable bonds is 5. The first-order chi connectivity index (χ1) is 8.65. The third-order valence-electron chi connectivity index (χ3n) is 2.57. The quantitative estimate of drug-likeness (QED) is 0.889. The van der Waals surface area contributed by atoms with Gasteiger partial charge in [-0.05, 0) is 41.1 Å². The normalized spacial score (nSPS) is 14.2. The van der Waals surface area contributed by atoms with Gasteiger partial charge in [-0.25, -0.2) is 0 Å². The number of aliphatic hydroxyl groups is 1. The lowest BCUT2D eigenvalue weighted by Gasteiger charge is -2.17. The van der Waals surface area contributed by atoms with Crippen LogP contribution in [0.5, 0.6) is 0 Å². The van der Waals surface area contributed by atoms with Crippen molar-refractivity contribution in [2.45, 2.75) is 25.5 Å². The number of pyridine rings is 1. The van der Waals surface area contributed by atoms with E-state index in [2.05, 4.69) is 26.2 Å². The van der Waals surface area contributed by atoms with Gasteiger partial charge < -0.3 is 14.8 Å². The van der Waals surface area contributed by atoms with E-state index in [0.717, 1.165) is 10.2 Å². The van der Waals surface area contributed by atoms with E-state index in [1.54, 1.807) is 30.8 Å². The molecule has 0 spiro atoms. The number of halogens is 1. The van der Waals surface area contributed by atoms with Crippen LogP contribution >= 0.6 is 15.9 Å². The maximum Gasteiger partial charge on any atom is 0.132 e. The van der Waals surface area contributed by atoms with Crippen molar-refractivity contribution in [2.75, 3.05) is 5.32 Å². The van der Waals surface area contributed by atoms with E-state index in [0.29, 0.717) is 12.2 Å². The number of aliphatic hydroxyl groups excluding tert-OH is 1. The van der Waals surface area contributed by atoms with Crippen molar-refractivity contribution in [3.05, 3.63) is 47.1 Å². The summed E-state index contributed by atoms with van der Waals surface area (Å²) in [6.07, 6.45) is 5.02. The molecule has 0 saturated heterocycles. The Morgan fingerprint density at radius 3 is 3.00 bits per heavy atom. The van der Waals surface area contributed by atoms with E-state index in [1.165, 1.54) is 0 Å². The molecule has 0 aliphatic carbocycles.